The molecular weight excluding hydrogens is 359 g/mol. The Morgan fingerprint density at radius 1 is 1.11 bits per heavy atom. The van der Waals surface area contributed by atoms with Crippen LogP contribution in [0.1, 0.15) is 36.2 Å². The summed E-state index contributed by atoms with van der Waals surface area (Å²) in [6.45, 7) is 1.74. The molecular formula is C18H20F3N5O. The van der Waals surface area contributed by atoms with Crippen molar-refractivity contribution in [3.05, 3.63) is 45.8 Å². The number of hydrogen-bond donors (Lipinski definition) is 0. The summed E-state index contributed by atoms with van der Waals surface area (Å²) in [4.78, 5) is 21.4. The minimum atomic E-state index is -4.48. The van der Waals surface area contributed by atoms with E-state index >= 15 is 0 Å². The Labute approximate surface area is 154 Å². The molecule has 3 heterocycles. The van der Waals surface area contributed by atoms with Gasteiger partial charge in [-0.2, -0.15) is 18.3 Å². The number of anilines is 1. The van der Waals surface area contributed by atoms with Crippen molar-refractivity contribution in [2.75, 3.05) is 18.0 Å². The molecule has 9 heteroatoms. The number of aryl methyl sites for hydroxylation is 2. The molecule has 2 aromatic heterocycles. The molecule has 0 aromatic carbocycles. The van der Waals surface area contributed by atoms with Crippen LogP contribution in [0, 0.1) is 5.92 Å². The van der Waals surface area contributed by atoms with E-state index in [1.807, 2.05) is 4.90 Å². The molecule has 27 heavy (non-hydrogen) atoms. The molecule has 6 nitrogen and oxygen atoms in total. The molecule has 0 amide bonds. The molecule has 0 saturated carbocycles. The summed E-state index contributed by atoms with van der Waals surface area (Å²) in [5.74, 6) is 0.568. The number of hydrogen-bond acceptors (Lipinski definition) is 5. The van der Waals surface area contributed by atoms with Gasteiger partial charge in [-0.15, -0.1) is 0 Å². The molecule has 0 spiro atoms. The molecule has 0 bridgehead atoms. The van der Waals surface area contributed by atoms with Crippen molar-refractivity contribution in [3.8, 4) is 0 Å². The minimum absolute atomic E-state index is 0.0660. The minimum Gasteiger partial charge on any atom is -0.356 e. The van der Waals surface area contributed by atoms with Gasteiger partial charge in [-0.1, -0.05) is 0 Å². The van der Waals surface area contributed by atoms with Crippen LogP contribution in [0.15, 0.2) is 23.3 Å². The third-order valence-electron chi connectivity index (χ3n) is 5.34. The summed E-state index contributed by atoms with van der Waals surface area (Å²) in [7, 11) is 0. The lowest BCUT2D eigenvalue weighted by Gasteiger charge is -2.33. The predicted molar refractivity (Wildman–Crippen MR) is 92.5 cm³/mol. The van der Waals surface area contributed by atoms with E-state index in [4.69, 9.17) is 0 Å². The van der Waals surface area contributed by atoms with E-state index in [0.29, 0.717) is 25.5 Å². The first-order valence-electron chi connectivity index (χ1n) is 9.14. The van der Waals surface area contributed by atoms with Gasteiger partial charge in [-0.05, 0) is 43.6 Å². The first kappa shape index (κ1) is 17.9. The number of fused-ring (bicyclic) bond motifs is 1. The van der Waals surface area contributed by atoms with E-state index in [2.05, 4.69) is 15.1 Å². The van der Waals surface area contributed by atoms with Crippen LogP contribution in [0.25, 0.3) is 0 Å². The summed E-state index contributed by atoms with van der Waals surface area (Å²) in [5, 5.41) is 4.51. The lowest BCUT2D eigenvalue weighted by molar-refractivity contribution is -0.141. The van der Waals surface area contributed by atoms with Crippen LogP contribution in [-0.2, 0) is 25.6 Å². The summed E-state index contributed by atoms with van der Waals surface area (Å²) in [5.41, 5.74) is 1.09. The van der Waals surface area contributed by atoms with Crippen molar-refractivity contribution in [1.82, 2.24) is 19.7 Å². The molecule has 0 atom stereocenters. The Bertz CT molecular complexity index is 887. The number of nitrogens with zero attached hydrogens (tertiary/aromatic N) is 5. The summed E-state index contributed by atoms with van der Waals surface area (Å²) >= 11 is 0. The topological polar surface area (TPSA) is 63.9 Å². The quantitative estimate of drug-likeness (QED) is 0.820. The van der Waals surface area contributed by atoms with Gasteiger partial charge in [0.2, 0.25) is 0 Å². The predicted octanol–water partition coefficient (Wildman–Crippen LogP) is 2.46. The Balaban J connectivity index is 1.41. The largest absolute Gasteiger partial charge is 0.433 e. The lowest BCUT2D eigenvalue weighted by Crippen LogP contribution is -2.37. The van der Waals surface area contributed by atoms with Gasteiger partial charge in [0, 0.05) is 31.8 Å². The second-order valence-electron chi connectivity index (χ2n) is 7.18. The monoisotopic (exact) mass is 379 g/mol. The third kappa shape index (κ3) is 3.81. The molecule has 2 aromatic rings. The van der Waals surface area contributed by atoms with Gasteiger partial charge in [0.15, 0.2) is 0 Å². The van der Waals surface area contributed by atoms with Gasteiger partial charge in [0.05, 0.1) is 5.69 Å². The maximum atomic E-state index is 12.8. The molecule has 1 aliphatic heterocycles. The number of rotatable bonds is 3. The van der Waals surface area contributed by atoms with Crippen molar-refractivity contribution in [1.29, 1.82) is 0 Å². The highest BCUT2D eigenvalue weighted by molar-refractivity contribution is 5.39. The standard InChI is InChI=1S/C18H20F3N5O/c19-18(20,21)15-9-16(23-11-22-15)25-6-4-12(5-7-25)10-26-17(27)8-13-2-1-3-14(13)24-26/h8-9,11-12H,1-7,10H2. The van der Waals surface area contributed by atoms with Gasteiger partial charge >= 0.3 is 6.18 Å². The zero-order valence-corrected chi connectivity index (χ0v) is 14.7. The Kier molecular flexibility index (Phi) is 4.61. The maximum Gasteiger partial charge on any atom is 0.433 e. The fourth-order valence-corrected chi connectivity index (χ4v) is 3.83. The third-order valence-corrected chi connectivity index (χ3v) is 5.34. The first-order valence-corrected chi connectivity index (χ1v) is 9.14. The Morgan fingerprint density at radius 3 is 2.63 bits per heavy atom. The molecule has 0 N–H and O–H groups in total. The molecule has 144 valence electrons. The molecule has 1 saturated heterocycles. The van der Waals surface area contributed by atoms with E-state index in [-0.39, 0.29) is 11.5 Å². The molecule has 4 rings (SSSR count). The van der Waals surface area contributed by atoms with Crippen molar-refractivity contribution in [2.45, 2.75) is 44.8 Å². The number of halogens is 3. The van der Waals surface area contributed by atoms with E-state index in [0.717, 1.165) is 55.8 Å². The lowest BCUT2D eigenvalue weighted by atomic mass is 9.97. The van der Waals surface area contributed by atoms with E-state index < -0.39 is 11.9 Å². The van der Waals surface area contributed by atoms with Gasteiger partial charge < -0.3 is 4.90 Å². The number of piperidine rings is 1. The van der Waals surface area contributed by atoms with Crippen molar-refractivity contribution in [3.63, 3.8) is 0 Å². The van der Waals surface area contributed by atoms with Crippen LogP contribution >= 0.6 is 0 Å². The van der Waals surface area contributed by atoms with Gasteiger partial charge in [0.1, 0.15) is 17.8 Å². The SMILES string of the molecule is O=c1cc2c(nn1CC1CCN(c3cc(C(F)(F)F)ncn3)CC1)CCC2. The van der Waals surface area contributed by atoms with E-state index in [9.17, 15) is 18.0 Å². The highest BCUT2D eigenvalue weighted by atomic mass is 19.4. The fourth-order valence-electron chi connectivity index (χ4n) is 3.83. The number of alkyl halides is 3. The fraction of sp³-hybridized carbons (Fsp3) is 0.556. The van der Waals surface area contributed by atoms with Crippen LogP contribution in [0.4, 0.5) is 19.0 Å². The second-order valence-corrected chi connectivity index (χ2v) is 7.18. The van der Waals surface area contributed by atoms with Crippen LogP contribution < -0.4 is 10.5 Å². The smallest absolute Gasteiger partial charge is 0.356 e. The Morgan fingerprint density at radius 2 is 1.89 bits per heavy atom. The zero-order chi connectivity index (χ0) is 19.0. The molecule has 1 fully saturated rings. The van der Waals surface area contributed by atoms with Crippen LogP contribution in [0.5, 0.6) is 0 Å². The summed E-state index contributed by atoms with van der Waals surface area (Å²) < 4.78 is 40.0. The van der Waals surface area contributed by atoms with E-state index in [1.54, 1.807) is 10.7 Å². The highest BCUT2D eigenvalue weighted by Gasteiger charge is 2.33. The van der Waals surface area contributed by atoms with E-state index in [1.165, 1.54) is 0 Å². The summed E-state index contributed by atoms with van der Waals surface area (Å²) in [6, 6.07) is 2.69. The maximum absolute atomic E-state index is 12.8. The first-order chi connectivity index (χ1) is 12.9. The highest BCUT2D eigenvalue weighted by Crippen LogP contribution is 2.30. The Hall–Kier alpha value is -2.45. The van der Waals surface area contributed by atoms with Crippen molar-refractivity contribution < 1.29 is 13.2 Å². The second kappa shape index (κ2) is 6.94. The summed E-state index contributed by atoms with van der Waals surface area (Å²) in [6.07, 6.45) is 0.920. The molecule has 2 aliphatic rings. The number of aromatic nitrogens is 4. The molecule has 0 unspecified atom stereocenters. The van der Waals surface area contributed by atoms with Crippen molar-refractivity contribution in [2.24, 2.45) is 5.92 Å². The van der Waals surface area contributed by atoms with Gasteiger partial charge in [-0.3, -0.25) is 4.79 Å². The average molecular weight is 379 g/mol. The van der Waals surface area contributed by atoms with Crippen LogP contribution in [-0.4, -0.2) is 32.8 Å². The molecule has 1 aliphatic carbocycles. The van der Waals surface area contributed by atoms with Crippen molar-refractivity contribution >= 4 is 5.82 Å². The normalized spacial score (nSPS) is 18.0. The van der Waals surface area contributed by atoms with Crippen LogP contribution in [0.2, 0.25) is 0 Å². The molecule has 0 radical (unpaired) electrons. The zero-order valence-electron chi connectivity index (χ0n) is 14.7. The average Bonchev–Trinajstić information content (AvgIpc) is 3.09. The van der Waals surface area contributed by atoms with Gasteiger partial charge in [0.25, 0.3) is 5.56 Å². The van der Waals surface area contributed by atoms with Gasteiger partial charge in [-0.25, -0.2) is 14.6 Å². The van der Waals surface area contributed by atoms with Crippen LogP contribution in [0.3, 0.4) is 0 Å².